The first-order valence-electron chi connectivity index (χ1n) is 6.77. The smallest absolute Gasteiger partial charge is 0.135 e. The van der Waals surface area contributed by atoms with Gasteiger partial charge in [0.15, 0.2) is 0 Å². The van der Waals surface area contributed by atoms with E-state index in [0.29, 0.717) is 17.4 Å². The predicted molar refractivity (Wildman–Crippen MR) is 88.3 cm³/mol. The number of rotatable bonds is 5. The van der Waals surface area contributed by atoms with Crippen molar-refractivity contribution in [2.24, 2.45) is 0 Å². The number of halogens is 1. The Hall–Kier alpha value is -2.66. The minimum absolute atomic E-state index is 0.676. The van der Waals surface area contributed by atoms with Gasteiger partial charge in [0.05, 0.1) is 0 Å². The highest BCUT2D eigenvalue weighted by molar-refractivity contribution is 6.30. The van der Waals surface area contributed by atoms with E-state index in [1.54, 1.807) is 12.4 Å². The lowest BCUT2D eigenvalue weighted by atomic mass is 10.3. The van der Waals surface area contributed by atoms with E-state index in [1.807, 2.05) is 42.5 Å². The first-order chi connectivity index (χ1) is 10.8. The molecular weight excluding hydrogens is 298 g/mol. The van der Waals surface area contributed by atoms with Gasteiger partial charge in [0, 0.05) is 35.7 Å². The summed E-state index contributed by atoms with van der Waals surface area (Å²) >= 11 is 5.97. The van der Waals surface area contributed by atoms with Crippen LogP contribution in [-0.4, -0.2) is 15.0 Å². The third-order valence-electron chi connectivity index (χ3n) is 2.99. The first-order valence-corrected chi connectivity index (χ1v) is 7.15. The van der Waals surface area contributed by atoms with Crippen LogP contribution in [0.2, 0.25) is 5.02 Å². The minimum Gasteiger partial charge on any atom is -0.366 e. The average Bonchev–Trinajstić information content (AvgIpc) is 2.54. The van der Waals surface area contributed by atoms with Crippen LogP contribution in [0.4, 0.5) is 17.3 Å². The van der Waals surface area contributed by atoms with Gasteiger partial charge < -0.3 is 10.6 Å². The second-order valence-corrected chi connectivity index (χ2v) is 5.07. The Morgan fingerprint density at radius 2 is 1.77 bits per heavy atom. The number of hydrogen-bond acceptors (Lipinski definition) is 5. The molecule has 6 heteroatoms. The maximum Gasteiger partial charge on any atom is 0.135 e. The van der Waals surface area contributed by atoms with Gasteiger partial charge in [-0.05, 0) is 35.9 Å². The summed E-state index contributed by atoms with van der Waals surface area (Å²) in [6, 6.07) is 13.2. The van der Waals surface area contributed by atoms with Crippen LogP contribution < -0.4 is 10.6 Å². The van der Waals surface area contributed by atoms with E-state index in [-0.39, 0.29) is 0 Å². The van der Waals surface area contributed by atoms with Crippen molar-refractivity contribution in [3.8, 4) is 0 Å². The molecule has 22 heavy (non-hydrogen) atoms. The number of benzene rings is 1. The predicted octanol–water partition coefficient (Wildman–Crippen LogP) is 3.88. The monoisotopic (exact) mass is 311 g/mol. The number of aromatic nitrogens is 3. The fourth-order valence-corrected chi connectivity index (χ4v) is 2.12. The van der Waals surface area contributed by atoms with Crippen molar-refractivity contribution in [2.75, 3.05) is 10.6 Å². The van der Waals surface area contributed by atoms with Gasteiger partial charge in [0.1, 0.15) is 18.0 Å². The highest BCUT2D eigenvalue weighted by Gasteiger charge is 2.00. The van der Waals surface area contributed by atoms with Crippen molar-refractivity contribution in [1.82, 2.24) is 15.0 Å². The van der Waals surface area contributed by atoms with Crippen molar-refractivity contribution >= 4 is 28.9 Å². The molecule has 0 fully saturated rings. The zero-order valence-electron chi connectivity index (χ0n) is 11.7. The average molecular weight is 312 g/mol. The van der Waals surface area contributed by atoms with Crippen LogP contribution in [0.5, 0.6) is 0 Å². The molecule has 2 heterocycles. The fraction of sp³-hybridized carbons (Fsp3) is 0.0625. The molecule has 0 aliphatic rings. The quantitative estimate of drug-likeness (QED) is 0.748. The number of pyridine rings is 1. The second kappa shape index (κ2) is 6.87. The molecule has 1 aromatic carbocycles. The van der Waals surface area contributed by atoms with E-state index < -0.39 is 0 Å². The second-order valence-electron chi connectivity index (χ2n) is 4.63. The molecule has 2 N–H and O–H groups in total. The molecule has 0 radical (unpaired) electrons. The van der Waals surface area contributed by atoms with Crippen molar-refractivity contribution in [3.63, 3.8) is 0 Å². The van der Waals surface area contributed by atoms with Gasteiger partial charge in [0.25, 0.3) is 0 Å². The van der Waals surface area contributed by atoms with Gasteiger partial charge in [-0.2, -0.15) is 0 Å². The van der Waals surface area contributed by atoms with Crippen LogP contribution in [0, 0.1) is 0 Å². The largest absolute Gasteiger partial charge is 0.366 e. The van der Waals surface area contributed by atoms with Crippen molar-refractivity contribution in [2.45, 2.75) is 6.54 Å². The molecule has 0 saturated carbocycles. The highest BCUT2D eigenvalue weighted by Crippen LogP contribution is 2.19. The van der Waals surface area contributed by atoms with Crippen LogP contribution in [0.3, 0.4) is 0 Å². The van der Waals surface area contributed by atoms with Crippen molar-refractivity contribution < 1.29 is 0 Å². The molecular formula is C16H14ClN5. The molecule has 110 valence electrons. The van der Waals surface area contributed by atoms with E-state index >= 15 is 0 Å². The lowest BCUT2D eigenvalue weighted by molar-refractivity contribution is 1.07. The van der Waals surface area contributed by atoms with Crippen LogP contribution in [0.15, 0.2) is 61.2 Å². The van der Waals surface area contributed by atoms with Crippen LogP contribution in [0.1, 0.15) is 5.56 Å². The number of nitrogens with one attached hydrogen (secondary N) is 2. The standard InChI is InChI=1S/C16H14ClN5/c17-13-2-1-3-14(8-13)22-16-9-15(20-11-21-16)19-10-12-4-6-18-7-5-12/h1-9,11H,10H2,(H2,19,20,21,22). The van der Waals surface area contributed by atoms with Crippen LogP contribution in [-0.2, 0) is 6.54 Å². The topological polar surface area (TPSA) is 62.7 Å². The van der Waals surface area contributed by atoms with E-state index in [2.05, 4.69) is 25.6 Å². The molecule has 0 atom stereocenters. The van der Waals surface area contributed by atoms with Gasteiger partial charge in [-0.1, -0.05) is 17.7 Å². The van der Waals surface area contributed by atoms with Gasteiger partial charge in [0.2, 0.25) is 0 Å². The minimum atomic E-state index is 0.676. The molecule has 0 spiro atoms. The van der Waals surface area contributed by atoms with E-state index in [9.17, 15) is 0 Å². The molecule has 0 aliphatic carbocycles. The summed E-state index contributed by atoms with van der Waals surface area (Å²) in [5.41, 5.74) is 2.02. The summed E-state index contributed by atoms with van der Waals surface area (Å²) in [7, 11) is 0. The Kier molecular flexibility index (Phi) is 4.46. The van der Waals surface area contributed by atoms with E-state index in [0.717, 1.165) is 17.1 Å². The zero-order valence-corrected chi connectivity index (χ0v) is 12.5. The molecule has 3 rings (SSSR count). The van der Waals surface area contributed by atoms with E-state index in [4.69, 9.17) is 11.6 Å². The maximum atomic E-state index is 5.97. The molecule has 3 aromatic rings. The Bertz CT molecular complexity index is 748. The Morgan fingerprint density at radius 3 is 2.59 bits per heavy atom. The normalized spacial score (nSPS) is 10.2. The summed E-state index contributed by atoms with van der Waals surface area (Å²) in [5.74, 6) is 1.45. The van der Waals surface area contributed by atoms with Crippen LogP contribution >= 0.6 is 11.6 Å². The van der Waals surface area contributed by atoms with Crippen molar-refractivity contribution in [3.05, 3.63) is 71.8 Å². The molecule has 0 unspecified atom stereocenters. The van der Waals surface area contributed by atoms with Gasteiger partial charge in [-0.15, -0.1) is 0 Å². The van der Waals surface area contributed by atoms with Gasteiger partial charge in [-0.3, -0.25) is 4.98 Å². The summed E-state index contributed by atoms with van der Waals surface area (Å²) in [4.78, 5) is 12.4. The Balaban J connectivity index is 1.67. The molecule has 0 saturated heterocycles. The van der Waals surface area contributed by atoms with Crippen molar-refractivity contribution in [1.29, 1.82) is 0 Å². The molecule has 0 bridgehead atoms. The zero-order chi connectivity index (χ0) is 15.2. The number of hydrogen-bond donors (Lipinski definition) is 2. The SMILES string of the molecule is Clc1cccc(Nc2cc(NCc3ccncc3)ncn2)c1. The third-order valence-corrected chi connectivity index (χ3v) is 3.22. The maximum absolute atomic E-state index is 5.97. The Labute approximate surface area is 133 Å². The summed E-state index contributed by atoms with van der Waals surface area (Å²) in [6.45, 7) is 0.677. The molecule has 5 nitrogen and oxygen atoms in total. The number of nitrogens with zero attached hydrogens (tertiary/aromatic N) is 3. The summed E-state index contributed by atoms with van der Waals surface area (Å²) in [5, 5.41) is 7.13. The van der Waals surface area contributed by atoms with Gasteiger partial charge >= 0.3 is 0 Å². The number of anilines is 3. The Morgan fingerprint density at radius 1 is 0.955 bits per heavy atom. The lowest BCUT2D eigenvalue weighted by Crippen LogP contribution is -2.03. The van der Waals surface area contributed by atoms with Crippen LogP contribution in [0.25, 0.3) is 0 Å². The lowest BCUT2D eigenvalue weighted by Gasteiger charge is -2.09. The first kappa shape index (κ1) is 14.3. The molecule has 0 aliphatic heterocycles. The fourth-order valence-electron chi connectivity index (χ4n) is 1.93. The summed E-state index contributed by atoms with van der Waals surface area (Å²) in [6.07, 6.45) is 5.05. The molecule has 0 amide bonds. The summed E-state index contributed by atoms with van der Waals surface area (Å²) < 4.78 is 0. The van der Waals surface area contributed by atoms with Gasteiger partial charge in [-0.25, -0.2) is 9.97 Å². The third kappa shape index (κ3) is 3.93. The highest BCUT2D eigenvalue weighted by atomic mass is 35.5. The van der Waals surface area contributed by atoms with E-state index in [1.165, 1.54) is 6.33 Å². The molecule has 2 aromatic heterocycles.